The molecule has 1 rings (SSSR count). The van der Waals surface area contributed by atoms with Gasteiger partial charge < -0.3 is 9.84 Å². The van der Waals surface area contributed by atoms with Crippen LogP contribution in [0.2, 0.25) is 0 Å². The Morgan fingerprint density at radius 2 is 2.12 bits per heavy atom. The summed E-state index contributed by atoms with van der Waals surface area (Å²) in [6.45, 7) is 0.784. The third-order valence-corrected chi connectivity index (χ3v) is 2.36. The average Bonchev–Trinajstić information content (AvgIpc) is 2.24. The number of hydrogen-bond acceptors (Lipinski definition) is 2. The second-order valence-corrected chi connectivity index (χ2v) is 3.82. The second kappa shape index (κ2) is 5.12. The Morgan fingerprint density at radius 1 is 1.47 bits per heavy atom. The number of benzene rings is 1. The van der Waals surface area contributed by atoms with Gasteiger partial charge in [-0.25, -0.2) is 8.78 Å². The molecule has 0 aromatic heterocycles. The van der Waals surface area contributed by atoms with E-state index in [2.05, 4.69) is 0 Å². The van der Waals surface area contributed by atoms with E-state index < -0.39 is 11.9 Å². The molecule has 0 unspecified atom stereocenters. The SMILES string of the molecule is COc1ccc(CCC(=O)O)cc1C(C)(F)F. The molecule has 0 heterocycles. The van der Waals surface area contributed by atoms with Gasteiger partial charge in [0.2, 0.25) is 0 Å². The second-order valence-electron chi connectivity index (χ2n) is 3.82. The lowest BCUT2D eigenvalue weighted by atomic mass is 10.0. The number of ether oxygens (including phenoxy) is 1. The van der Waals surface area contributed by atoms with Crippen LogP contribution in [-0.4, -0.2) is 18.2 Å². The molecule has 1 aromatic carbocycles. The zero-order valence-electron chi connectivity index (χ0n) is 9.67. The van der Waals surface area contributed by atoms with Gasteiger partial charge in [-0.3, -0.25) is 4.79 Å². The van der Waals surface area contributed by atoms with Crippen LogP contribution < -0.4 is 4.74 Å². The minimum Gasteiger partial charge on any atom is -0.496 e. The van der Waals surface area contributed by atoms with Gasteiger partial charge in [0.15, 0.2) is 0 Å². The van der Waals surface area contributed by atoms with Gasteiger partial charge in [-0.1, -0.05) is 6.07 Å². The highest BCUT2D eigenvalue weighted by atomic mass is 19.3. The van der Waals surface area contributed by atoms with Gasteiger partial charge in [-0.05, 0) is 24.1 Å². The predicted molar refractivity (Wildman–Crippen MR) is 58.5 cm³/mol. The largest absolute Gasteiger partial charge is 0.496 e. The number of carbonyl (C=O) groups is 1. The van der Waals surface area contributed by atoms with E-state index in [1.165, 1.54) is 19.2 Å². The van der Waals surface area contributed by atoms with Crippen LogP contribution in [0.5, 0.6) is 5.75 Å². The number of hydrogen-bond donors (Lipinski definition) is 1. The lowest BCUT2D eigenvalue weighted by Crippen LogP contribution is -2.10. The zero-order valence-corrected chi connectivity index (χ0v) is 9.67. The van der Waals surface area contributed by atoms with E-state index >= 15 is 0 Å². The Morgan fingerprint density at radius 3 is 2.59 bits per heavy atom. The number of rotatable bonds is 5. The standard InChI is InChI=1S/C12H14F2O3/c1-12(13,14)9-7-8(4-6-11(15)16)3-5-10(9)17-2/h3,5,7H,4,6H2,1-2H3,(H,15,16). The summed E-state index contributed by atoms with van der Waals surface area (Å²) in [5.74, 6) is -3.85. The van der Waals surface area contributed by atoms with Crippen molar-refractivity contribution in [2.24, 2.45) is 0 Å². The first-order chi connectivity index (χ1) is 7.84. The molecule has 1 N–H and O–H groups in total. The fraction of sp³-hybridized carbons (Fsp3) is 0.417. The Kier molecular flexibility index (Phi) is 4.04. The lowest BCUT2D eigenvalue weighted by Gasteiger charge is -2.16. The van der Waals surface area contributed by atoms with Crippen LogP contribution in [0.15, 0.2) is 18.2 Å². The first-order valence-corrected chi connectivity index (χ1v) is 5.11. The molecule has 0 aliphatic heterocycles. The van der Waals surface area contributed by atoms with Crippen molar-refractivity contribution in [1.29, 1.82) is 0 Å². The Hall–Kier alpha value is -1.65. The van der Waals surface area contributed by atoms with E-state index in [0.29, 0.717) is 5.56 Å². The number of alkyl halides is 2. The fourth-order valence-electron chi connectivity index (χ4n) is 1.50. The molecule has 0 spiro atoms. The molecule has 0 fully saturated rings. The van der Waals surface area contributed by atoms with Crippen LogP contribution in [0.25, 0.3) is 0 Å². The van der Waals surface area contributed by atoms with Crippen molar-refractivity contribution in [3.8, 4) is 5.75 Å². The maximum atomic E-state index is 13.3. The summed E-state index contributed by atoms with van der Waals surface area (Å²) in [4.78, 5) is 10.4. The van der Waals surface area contributed by atoms with Crippen LogP contribution >= 0.6 is 0 Å². The van der Waals surface area contributed by atoms with Crippen molar-refractivity contribution in [1.82, 2.24) is 0 Å². The topological polar surface area (TPSA) is 46.5 Å². The quantitative estimate of drug-likeness (QED) is 0.866. The molecule has 3 nitrogen and oxygen atoms in total. The van der Waals surface area contributed by atoms with Crippen LogP contribution in [0, 0.1) is 0 Å². The zero-order chi connectivity index (χ0) is 13.1. The van der Waals surface area contributed by atoms with Crippen LogP contribution in [-0.2, 0) is 17.1 Å². The van der Waals surface area contributed by atoms with Gasteiger partial charge in [0.25, 0.3) is 5.92 Å². The molecule has 0 saturated heterocycles. The highest BCUT2D eigenvalue weighted by Crippen LogP contribution is 2.35. The number of carboxylic acid groups (broad SMARTS) is 1. The van der Waals surface area contributed by atoms with Gasteiger partial charge in [0.05, 0.1) is 12.7 Å². The van der Waals surface area contributed by atoms with Crippen LogP contribution in [0.3, 0.4) is 0 Å². The van der Waals surface area contributed by atoms with Gasteiger partial charge in [-0.2, -0.15) is 0 Å². The summed E-state index contributed by atoms with van der Waals surface area (Å²) in [7, 11) is 1.32. The van der Waals surface area contributed by atoms with E-state index in [9.17, 15) is 13.6 Å². The van der Waals surface area contributed by atoms with Gasteiger partial charge in [0, 0.05) is 13.3 Å². The number of methoxy groups -OCH3 is 1. The molecule has 0 bridgehead atoms. The molecule has 17 heavy (non-hydrogen) atoms. The number of aliphatic carboxylic acids is 1. The fourth-order valence-corrected chi connectivity index (χ4v) is 1.50. The first kappa shape index (κ1) is 13.4. The van der Waals surface area contributed by atoms with Crippen molar-refractivity contribution in [3.63, 3.8) is 0 Å². The van der Waals surface area contributed by atoms with Crippen molar-refractivity contribution in [2.45, 2.75) is 25.7 Å². The monoisotopic (exact) mass is 244 g/mol. The molecule has 0 radical (unpaired) electrons. The number of halogens is 2. The normalized spacial score (nSPS) is 11.3. The van der Waals surface area contributed by atoms with Crippen LogP contribution in [0.1, 0.15) is 24.5 Å². The van der Waals surface area contributed by atoms with Crippen molar-refractivity contribution < 1.29 is 23.4 Å². The van der Waals surface area contributed by atoms with E-state index in [4.69, 9.17) is 9.84 Å². The number of aryl methyl sites for hydroxylation is 1. The molecule has 0 aliphatic rings. The van der Waals surface area contributed by atoms with Gasteiger partial charge in [-0.15, -0.1) is 0 Å². The Labute approximate surface area is 98.0 Å². The summed E-state index contributed by atoms with van der Waals surface area (Å²) in [6, 6.07) is 4.32. The van der Waals surface area contributed by atoms with Gasteiger partial charge >= 0.3 is 5.97 Å². The lowest BCUT2D eigenvalue weighted by molar-refractivity contribution is -0.136. The highest BCUT2D eigenvalue weighted by Gasteiger charge is 2.28. The number of carboxylic acids is 1. The smallest absolute Gasteiger partial charge is 0.303 e. The van der Waals surface area contributed by atoms with Crippen molar-refractivity contribution in [3.05, 3.63) is 29.3 Å². The Balaban J connectivity index is 3.01. The first-order valence-electron chi connectivity index (χ1n) is 5.11. The Bertz CT molecular complexity index is 411. The van der Waals surface area contributed by atoms with Crippen molar-refractivity contribution in [2.75, 3.05) is 7.11 Å². The minimum absolute atomic E-state index is 0.0823. The predicted octanol–water partition coefficient (Wildman–Crippen LogP) is 2.82. The van der Waals surface area contributed by atoms with E-state index in [0.717, 1.165) is 6.92 Å². The summed E-state index contributed by atoms with van der Waals surface area (Å²) >= 11 is 0. The van der Waals surface area contributed by atoms with Gasteiger partial charge in [0.1, 0.15) is 5.75 Å². The maximum Gasteiger partial charge on any atom is 0.303 e. The summed E-state index contributed by atoms with van der Waals surface area (Å²) in [6.07, 6.45) is 0.142. The van der Waals surface area contributed by atoms with E-state index in [1.54, 1.807) is 6.07 Å². The van der Waals surface area contributed by atoms with E-state index in [-0.39, 0.29) is 24.2 Å². The molecule has 0 amide bonds. The third kappa shape index (κ3) is 3.69. The summed E-state index contributed by atoms with van der Waals surface area (Å²) in [5, 5.41) is 8.53. The van der Waals surface area contributed by atoms with E-state index in [1.807, 2.05) is 0 Å². The highest BCUT2D eigenvalue weighted by molar-refractivity contribution is 5.67. The molecule has 0 atom stereocenters. The molecular weight excluding hydrogens is 230 g/mol. The average molecular weight is 244 g/mol. The molecular formula is C12H14F2O3. The molecule has 94 valence electrons. The van der Waals surface area contributed by atoms with Crippen molar-refractivity contribution >= 4 is 5.97 Å². The summed E-state index contributed by atoms with van der Waals surface area (Å²) < 4.78 is 31.4. The third-order valence-electron chi connectivity index (χ3n) is 2.36. The maximum absolute atomic E-state index is 13.3. The van der Waals surface area contributed by atoms with Crippen LogP contribution in [0.4, 0.5) is 8.78 Å². The summed E-state index contributed by atoms with van der Waals surface area (Å²) in [5.41, 5.74) is 0.340. The molecule has 5 heteroatoms. The molecule has 1 aromatic rings. The molecule has 0 aliphatic carbocycles. The molecule has 0 saturated carbocycles. The minimum atomic E-state index is -3.01.